The van der Waals surface area contributed by atoms with Gasteiger partial charge in [-0.2, -0.15) is 5.10 Å². The third-order valence-electron chi connectivity index (χ3n) is 1.76. The number of hydrogen-bond acceptors (Lipinski definition) is 3. The van der Waals surface area contributed by atoms with Crippen molar-refractivity contribution in [3.8, 4) is 0 Å². The van der Waals surface area contributed by atoms with Crippen molar-refractivity contribution in [1.82, 2.24) is 5.43 Å². The number of hydrogen-bond donors (Lipinski definition) is 3. The molecule has 1 amide bonds. The summed E-state index contributed by atoms with van der Waals surface area (Å²) in [7, 11) is 0. The summed E-state index contributed by atoms with van der Waals surface area (Å²) in [6.45, 7) is 1.54. The Kier molecular flexibility index (Phi) is 4.86. The van der Waals surface area contributed by atoms with Crippen LogP contribution < -0.4 is 16.5 Å². The number of halogens is 1. The number of rotatable bonds is 3. The number of hydrazone groups is 1. The number of nitrogens with two attached hydrogens (primary N) is 1. The number of carbonyl (C=O) groups is 1. The molecule has 0 spiro atoms. The summed E-state index contributed by atoms with van der Waals surface area (Å²) in [5.41, 5.74) is 8.36. The Morgan fingerprint density at radius 3 is 2.53 bits per heavy atom. The van der Waals surface area contributed by atoms with E-state index in [1.807, 2.05) is 0 Å². The maximum absolute atomic E-state index is 11.6. The molecule has 0 aliphatic heterocycles. The van der Waals surface area contributed by atoms with Gasteiger partial charge in [0.2, 0.25) is 0 Å². The molecule has 0 saturated carbocycles. The molecule has 90 valence electrons. The van der Waals surface area contributed by atoms with Gasteiger partial charge in [-0.25, -0.2) is 0 Å². The van der Waals surface area contributed by atoms with E-state index < -0.39 is 0 Å². The Labute approximate surface area is 109 Å². The molecule has 0 fully saturated rings. The van der Waals surface area contributed by atoms with E-state index in [0.717, 1.165) is 0 Å². The summed E-state index contributed by atoms with van der Waals surface area (Å²) < 4.78 is 0. The van der Waals surface area contributed by atoms with Crippen molar-refractivity contribution < 1.29 is 4.79 Å². The molecule has 0 aromatic heterocycles. The second-order valence-electron chi connectivity index (χ2n) is 3.13. The van der Waals surface area contributed by atoms with Gasteiger partial charge in [-0.1, -0.05) is 11.6 Å². The molecule has 0 atom stereocenters. The Hall–Kier alpha value is -1.66. The molecule has 1 rings (SSSR count). The summed E-state index contributed by atoms with van der Waals surface area (Å²) in [5, 5.41) is 6.94. The number of thiocarbonyl (C=S) groups is 1. The first-order valence-electron chi connectivity index (χ1n) is 4.65. The fourth-order valence-electron chi connectivity index (χ4n) is 0.944. The van der Waals surface area contributed by atoms with Crippen LogP contribution in [0.15, 0.2) is 29.4 Å². The van der Waals surface area contributed by atoms with Crippen LogP contribution in [0, 0.1) is 0 Å². The van der Waals surface area contributed by atoms with Gasteiger partial charge in [-0.05, 0) is 43.4 Å². The number of nitrogens with one attached hydrogen (secondary N) is 2. The first kappa shape index (κ1) is 13.4. The molecule has 0 heterocycles. The van der Waals surface area contributed by atoms with Crippen LogP contribution >= 0.6 is 23.8 Å². The van der Waals surface area contributed by atoms with E-state index in [-0.39, 0.29) is 16.7 Å². The van der Waals surface area contributed by atoms with Gasteiger partial charge < -0.3 is 11.1 Å². The summed E-state index contributed by atoms with van der Waals surface area (Å²) in [6.07, 6.45) is 0. The number of anilines is 1. The van der Waals surface area contributed by atoms with E-state index in [1.165, 1.54) is 6.92 Å². The molecular weight excluding hydrogens is 260 g/mol. The highest BCUT2D eigenvalue weighted by molar-refractivity contribution is 7.80. The zero-order valence-corrected chi connectivity index (χ0v) is 10.6. The lowest BCUT2D eigenvalue weighted by Crippen LogP contribution is -2.28. The average Bonchev–Trinajstić information content (AvgIpc) is 2.28. The Bertz CT molecular complexity index is 458. The van der Waals surface area contributed by atoms with Crippen LogP contribution in [-0.2, 0) is 4.79 Å². The minimum Gasteiger partial charge on any atom is -0.375 e. The predicted octanol–water partition coefficient (Wildman–Crippen LogP) is 1.49. The number of carbonyl (C=O) groups excluding carboxylic acids is 1. The fourth-order valence-corrected chi connectivity index (χ4v) is 1.12. The lowest BCUT2D eigenvalue weighted by atomic mass is 10.3. The van der Waals surface area contributed by atoms with Crippen LogP contribution in [0.4, 0.5) is 5.69 Å². The highest BCUT2D eigenvalue weighted by atomic mass is 35.5. The van der Waals surface area contributed by atoms with E-state index in [9.17, 15) is 4.79 Å². The van der Waals surface area contributed by atoms with Gasteiger partial charge >= 0.3 is 0 Å². The smallest absolute Gasteiger partial charge is 0.271 e. The van der Waals surface area contributed by atoms with E-state index in [0.29, 0.717) is 10.7 Å². The van der Waals surface area contributed by atoms with Crippen molar-refractivity contribution in [1.29, 1.82) is 0 Å². The van der Waals surface area contributed by atoms with Crippen LogP contribution in [0.5, 0.6) is 0 Å². The van der Waals surface area contributed by atoms with E-state index in [4.69, 9.17) is 17.3 Å². The van der Waals surface area contributed by atoms with Gasteiger partial charge in [0, 0.05) is 10.7 Å². The molecule has 0 aliphatic rings. The number of nitrogens with zero attached hydrogens (tertiary/aromatic N) is 1. The molecule has 4 N–H and O–H groups in total. The molecule has 17 heavy (non-hydrogen) atoms. The van der Waals surface area contributed by atoms with Gasteiger partial charge in [-0.15, -0.1) is 0 Å². The van der Waals surface area contributed by atoms with E-state index in [1.54, 1.807) is 24.3 Å². The lowest BCUT2D eigenvalue weighted by molar-refractivity contribution is -0.110. The quantitative estimate of drug-likeness (QED) is 0.442. The monoisotopic (exact) mass is 270 g/mol. The minimum absolute atomic E-state index is 0.00337. The topological polar surface area (TPSA) is 79.5 Å². The van der Waals surface area contributed by atoms with Gasteiger partial charge in [0.15, 0.2) is 5.11 Å². The fraction of sp³-hybridized carbons (Fsp3) is 0.100. The second kappa shape index (κ2) is 6.17. The van der Waals surface area contributed by atoms with Crippen molar-refractivity contribution in [3.63, 3.8) is 0 Å². The highest BCUT2D eigenvalue weighted by Crippen LogP contribution is 2.13. The molecule has 7 heteroatoms. The third kappa shape index (κ3) is 4.80. The maximum Gasteiger partial charge on any atom is 0.271 e. The molecular formula is C10H11ClN4OS. The van der Waals surface area contributed by atoms with Crippen LogP contribution in [0.3, 0.4) is 0 Å². The van der Waals surface area contributed by atoms with E-state index in [2.05, 4.69) is 28.1 Å². The summed E-state index contributed by atoms with van der Waals surface area (Å²) in [5.74, 6) is -0.351. The third-order valence-corrected chi connectivity index (χ3v) is 2.11. The molecule has 0 radical (unpaired) electrons. The molecule has 5 nitrogen and oxygen atoms in total. The van der Waals surface area contributed by atoms with Gasteiger partial charge in [0.25, 0.3) is 5.91 Å². The van der Waals surface area contributed by atoms with Gasteiger partial charge in [0.1, 0.15) is 5.71 Å². The zero-order chi connectivity index (χ0) is 12.8. The Balaban J connectivity index is 2.63. The van der Waals surface area contributed by atoms with E-state index >= 15 is 0 Å². The second-order valence-corrected chi connectivity index (χ2v) is 4.01. The largest absolute Gasteiger partial charge is 0.375 e. The van der Waals surface area contributed by atoms with Crippen molar-refractivity contribution in [2.75, 3.05) is 5.32 Å². The maximum atomic E-state index is 11.6. The average molecular weight is 271 g/mol. The van der Waals surface area contributed by atoms with Crippen LogP contribution in [-0.4, -0.2) is 16.7 Å². The molecule has 0 bridgehead atoms. The molecule has 1 aromatic rings. The van der Waals surface area contributed by atoms with Crippen molar-refractivity contribution in [2.45, 2.75) is 6.92 Å². The first-order chi connectivity index (χ1) is 7.99. The lowest BCUT2D eigenvalue weighted by Gasteiger charge is -2.04. The molecule has 0 unspecified atom stereocenters. The van der Waals surface area contributed by atoms with Crippen molar-refractivity contribution in [3.05, 3.63) is 29.3 Å². The Morgan fingerprint density at radius 2 is 2.00 bits per heavy atom. The highest BCUT2D eigenvalue weighted by Gasteiger charge is 2.06. The standard InChI is InChI=1S/C10H11ClN4OS/c1-6(14-15-10(12)17)9(16)13-8-4-2-7(11)3-5-8/h2-5H,1H3,(H,13,16)(H3,12,15,17)/b14-6-. The summed E-state index contributed by atoms with van der Waals surface area (Å²) >= 11 is 10.3. The van der Waals surface area contributed by atoms with Gasteiger partial charge in [0.05, 0.1) is 0 Å². The number of amides is 1. The molecule has 1 aromatic carbocycles. The first-order valence-corrected chi connectivity index (χ1v) is 5.44. The molecule has 0 aliphatic carbocycles. The predicted molar refractivity (Wildman–Crippen MR) is 73.1 cm³/mol. The zero-order valence-electron chi connectivity index (χ0n) is 9.03. The molecule has 0 saturated heterocycles. The normalized spacial score (nSPS) is 10.8. The minimum atomic E-state index is -0.351. The SMILES string of the molecule is C/C(=N/NC(N)=S)C(=O)Nc1ccc(Cl)cc1. The summed E-state index contributed by atoms with van der Waals surface area (Å²) in [4.78, 5) is 11.6. The summed E-state index contributed by atoms with van der Waals surface area (Å²) in [6, 6.07) is 6.73. The van der Waals surface area contributed by atoms with Crippen molar-refractivity contribution in [2.24, 2.45) is 10.8 Å². The van der Waals surface area contributed by atoms with Crippen LogP contribution in [0.1, 0.15) is 6.92 Å². The van der Waals surface area contributed by atoms with Gasteiger partial charge in [-0.3, -0.25) is 10.2 Å². The Morgan fingerprint density at radius 1 is 1.41 bits per heavy atom. The number of benzene rings is 1. The van der Waals surface area contributed by atoms with Crippen LogP contribution in [0.2, 0.25) is 5.02 Å². The van der Waals surface area contributed by atoms with Crippen molar-refractivity contribution >= 4 is 46.2 Å². The van der Waals surface area contributed by atoms with Crippen LogP contribution in [0.25, 0.3) is 0 Å².